The molecule has 0 spiro atoms. The molecule has 0 aliphatic heterocycles. The molecule has 0 aliphatic carbocycles. The van der Waals surface area contributed by atoms with E-state index in [1.165, 1.54) is 6.07 Å². The van der Waals surface area contributed by atoms with Crippen LogP contribution in [-0.2, 0) is 19.3 Å². The number of alkyl halides is 3. The van der Waals surface area contributed by atoms with Crippen LogP contribution in [0.2, 0.25) is 0 Å². The van der Waals surface area contributed by atoms with E-state index in [2.05, 4.69) is 20.7 Å². The second kappa shape index (κ2) is 10.3. The first-order valence-electron chi connectivity index (χ1n) is 8.65. The largest absolute Gasteiger partial charge is 0.416 e. The van der Waals surface area contributed by atoms with Crippen LogP contribution in [0, 0.1) is 0 Å². The first-order valence-corrected chi connectivity index (χ1v) is 8.65. The van der Waals surface area contributed by atoms with Gasteiger partial charge < -0.3 is 10.6 Å². The third-order valence-electron chi connectivity index (χ3n) is 4.08. The summed E-state index contributed by atoms with van der Waals surface area (Å²) in [6.45, 7) is 0.744. The minimum absolute atomic E-state index is 0. The highest BCUT2D eigenvalue weighted by molar-refractivity contribution is 14.0. The van der Waals surface area contributed by atoms with Gasteiger partial charge in [0, 0.05) is 32.5 Å². The molecule has 1 aromatic heterocycles. The monoisotopic (exact) mass is 515 g/mol. The van der Waals surface area contributed by atoms with Crippen LogP contribution in [-0.4, -0.2) is 22.8 Å². The standard InChI is InChI=1S/C20H20F3N5.HI/c1-24-19(25-13-15-5-2-7-17(11-15)20(21,22)23)26-14-16-6-3-8-18(12-16)28-10-4-9-27-28;/h2-12H,13-14H2,1H3,(H2,24,25,26);1H. The van der Waals surface area contributed by atoms with Crippen molar-refractivity contribution in [2.75, 3.05) is 7.05 Å². The molecule has 3 aromatic rings. The number of benzene rings is 2. The highest BCUT2D eigenvalue weighted by atomic mass is 127. The second-order valence-electron chi connectivity index (χ2n) is 6.10. The molecule has 0 aliphatic rings. The van der Waals surface area contributed by atoms with Crippen molar-refractivity contribution < 1.29 is 13.2 Å². The van der Waals surface area contributed by atoms with Gasteiger partial charge in [0.1, 0.15) is 0 Å². The Hall–Kier alpha value is -2.56. The molecule has 0 bridgehead atoms. The van der Waals surface area contributed by atoms with Crippen LogP contribution in [0.1, 0.15) is 16.7 Å². The molecular weight excluding hydrogens is 494 g/mol. The highest BCUT2D eigenvalue weighted by Gasteiger charge is 2.30. The van der Waals surface area contributed by atoms with Crippen molar-refractivity contribution in [3.8, 4) is 5.69 Å². The second-order valence-corrected chi connectivity index (χ2v) is 6.10. The van der Waals surface area contributed by atoms with Crippen LogP contribution in [0.3, 0.4) is 0 Å². The molecule has 9 heteroatoms. The minimum atomic E-state index is -4.35. The Balaban J connectivity index is 0.00000300. The van der Waals surface area contributed by atoms with Gasteiger partial charge in [-0.1, -0.05) is 24.3 Å². The van der Waals surface area contributed by atoms with E-state index in [0.717, 1.165) is 23.4 Å². The molecule has 0 unspecified atom stereocenters. The number of aromatic nitrogens is 2. The smallest absolute Gasteiger partial charge is 0.352 e. The Kier molecular flexibility index (Phi) is 8.06. The normalized spacial score (nSPS) is 11.7. The predicted molar refractivity (Wildman–Crippen MR) is 117 cm³/mol. The summed E-state index contributed by atoms with van der Waals surface area (Å²) >= 11 is 0. The summed E-state index contributed by atoms with van der Waals surface area (Å²) < 4.78 is 40.2. The Morgan fingerprint density at radius 1 is 1.00 bits per heavy atom. The molecule has 2 N–H and O–H groups in total. The lowest BCUT2D eigenvalue weighted by atomic mass is 10.1. The average Bonchev–Trinajstić information content (AvgIpc) is 3.23. The van der Waals surface area contributed by atoms with E-state index < -0.39 is 11.7 Å². The molecule has 3 rings (SSSR count). The summed E-state index contributed by atoms with van der Waals surface area (Å²) in [7, 11) is 1.61. The van der Waals surface area contributed by atoms with E-state index in [1.54, 1.807) is 24.0 Å². The fraction of sp³-hybridized carbons (Fsp3) is 0.200. The van der Waals surface area contributed by atoms with Crippen molar-refractivity contribution in [3.05, 3.63) is 83.7 Å². The lowest BCUT2D eigenvalue weighted by Crippen LogP contribution is -2.36. The summed E-state index contributed by atoms with van der Waals surface area (Å²) in [6.07, 6.45) is -0.776. The summed E-state index contributed by atoms with van der Waals surface area (Å²) in [4.78, 5) is 4.12. The van der Waals surface area contributed by atoms with Gasteiger partial charge in [-0.05, 0) is 41.5 Å². The van der Waals surface area contributed by atoms with Crippen LogP contribution in [0.5, 0.6) is 0 Å². The van der Waals surface area contributed by atoms with Gasteiger partial charge in [0.15, 0.2) is 5.96 Å². The van der Waals surface area contributed by atoms with E-state index in [1.807, 2.05) is 36.5 Å². The van der Waals surface area contributed by atoms with Crippen molar-refractivity contribution >= 4 is 29.9 Å². The summed E-state index contributed by atoms with van der Waals surface area (Å²) in [6, 6.07) is 14.9. The fourth-order valence-corrected chi connectivity index (χ4v) is 2.68. The Bertz CT molecular complexity index is 939. The average molecular weight is 515 g/mol. The number of guanidine groups is 1. The van der Waals surface area contributed by atoms with Crippen molar-refractivity contribution in [3.63, 3.8) is 0 Å². The van der Waals surface area contributed by atoms with Crippen molar-refractivity contribution in [2.24, 2.45) is 4.99 Å². The number of rotatable bonds is 5. The molecule has 0 saturated carbocycles. The fourth-order valence-electron chi connectivity index (χ4n) is 2.68. The number of halogens is 4. The molecule has 29 heavy (non-hydrogen) atoms. The molecule has 0 fully saturated rings. The van der Waals surface area contributed by atoms with Crippen LogP contribution in [0.15, 0.2) is 72.0 Å². The maximum Gasteiger partial charge on any atom is 0.416 e. The highest BCUT2D eigenvalue weighted by Crippen LogP contribution is 2.29. The maximum absolute atomic E-state index is 12.8. The molecule has 0 radical (unpaired) electrons. The van der Waals surface area contributed by atoms with Crippen LogP contribution in [0.25, 0.3) is 5.69 Å². The summed E-state index contributed by atoms with van der Waals surface area (Å²) in [5, 5.41) is 10.4. The van der Waals surface area contributed by atoms with Crippen molar-refractivity contribution in [1.82, 2.24) is 20.4 Å². The van der Waals surface area contributed by atoms with Gasteiger partial charge in [-0.25, -0.2) is 4.68 Å². The number of nitrogens with zero attached hydrogens (tertiary/aromatic N) is 3. The van der Waals surface area contributed by atoms with E-state index in [4.69, 9.17) is 0 Å². The molecule has 154 valence electrons. The SMILES string of the molecule is CN=C(NCc1cccc(-n2cccn2)c1)NCc1cccc(C(F)(F)F)c1.I. The van der Waals surface area contributed by atoms with Crippen LogP contribution < -0.4 is 10.6 Å². The van der Waals surface area contributed by atoms with Gasteiger partial charge in [0.05, 0.1) is 11.3 Å². The third kappa shape index (κ3) is 6.48. The number of aliphatic imine (C=N–C) groups is 1. The minimum Gasteiger partial charge on any atom is -0.352 e. The zero-order chi connectivity index (χ0) is 20.0. The topological polar surface area (TPSA) is 54.2 Å². The lowest BCUT2D eigenvalue weighted by molar-refractivity contribution is -0.137. The first kappa shape index (κ1) is 22.7. The molecule has 0 amide bonds. The third-order valence-corrected chi connectivity index (χ3v) is 4.08. The van der Waals surface area contributed by atoms with E-state index in [-0.39, 0.29) is 30.5 Å². The zero-order valence-electron chi connectivity index (χ0n) is 15.6. The number of nitrogens with one attached hydrogen (secondary N) is 2. The van der Waals surface area contributed by atoms with E-state index in [9.17, 15) is 13.2 Å². The number of hydrogen-bond acceptors (Lipinski definition) is 2. The van der Waals surface area contributed by atoms with E-state index in [0.29, 0.717) is 18.1 Å². The number of hydrogen-bond donors (Lipinski definition) is 2. The molecule has 5 nitrogen and oxygen atoms in total. The van der Waals surface area contributed by atoms with Gasteiger partial charge in [0.2, 0.25) is 0 Å². The Labute approximate surface area is 184 Å². The van der Waals surface area contributed by atoms with Gasteiger partial charge >= 0.3 is 6.18 Å². The summed E-state index contributed by atoms with van der Waals surface area (Å²) in [5.41, 5.74) is 1.83. The Morgan fingerprint density at radius 2 is 1.66 bits per heavy atom. The quantitative estimate of drug-likeness (QED) is 0.302. The zero-order valence-corrected chi connectivity index (χ0v) is 18.0. The summed E-state index contributed by atoms with van der Waals surface area (Å²) in [5.74, 6) is 0.502. The molecule has 0 atom stereocenters. The molecular formula is C20H21F3IN5. The van der Waals surface area contributed by atoms with Gasteiger partial charge in [0.25, 0.3) is 0 Å². The van der Waals surface area contributed by atoms with Gasteiger partial charge in [-0.15, -0.1) is 24.0 Å². The lowest BCUT2D eigenvalue weighted by Gasteiger charge is -2.14. The van der Waals surface area contributed by atoms with Crippen molar-refractivity contribution in [2.45, 2.75) is 19.3 Å². The predicted octanol–water partition coefficient (Wildman–Crippen LogP) is 4.37. The van der Waals surface area contributed by atoms with E-state index >= 15 is 0 Å². The van der Waals surface area contributed by atoms with Crippen LogP contribution in [0.4, 0.5) is 13.2 Å². The van der Waals surface area contributed by atoms with Crippen molar-refractivity contribution in [1.29, 1.82) is 0 Å². The first-order chi connectivity index (χ1) is 13.5. The van der Waals surface area contributed by atoms with Gasteiger partial charge in [-0.2, -0.15) is 18.3 Å². The molecule has 0 saturated heterocycles. The van der Waals surface area contributed by atoms with Crippen LogP contribution >= 0.6 is 24.0 Å². The maximum atomic E-state index is 12.8. The Morgan fingerprint density at radius 3 is 2.24 bits per heavy atom. The molecule has 2 aromatic carbocycles. The van der Waals surface area contributed by atoms with Gasteiger partial charge in [-0.3, -0.25) is 4.99 Å². The molecule has 1 heterocycles.